The van der Waals surface area contributed by atoms with Crippen molar-refractivity contribution in [3.05, 3.63) is 47.0 Å². The molecule has 2 nitrogen and oxygen atoms in total. The summed E-state index contributed by atoms with van der Waals surface area (Å²) in [6, 6.07) is 10.9. The molecule has 4 rings (SSSR count). The Hall–Kier alpha value is -1.38. The summed E-state index contributed by atoms with van der Waals surface area (Å²) in [7, 11) is 0. The molecule has 2 atom stereocenters. The first-order chi connectivity index (χ1) is 10.3. The van der Waals surface area contributed by atoms with Crippen molar-refractivity contribution in [3.63, 3.8) is 0 Å². The van der Waals surface area contributed by atoms with Gasteiger partial charge in [0.2, 0.25) is 0 Å². The number of hydrogen-bond donors (Lipinski definition) is 1. The van der Waals surface area contributed by atoms with E-state index in [4.69, 9.17) is 4.74 Å². The molecule has 1 N–H and O–H groups in total. The Labute approximate surface area is 125 Å². The quantitative estimate of drug-likeness (QED) is 0.920. The summed E-state index contributed by atoms with van der Waals surface area (Å²) in [5.41, 5.74) is 3.97. The lowest BCUT2D eigenvalue weighted by Gasteiger charge is -2.17. The molecule has 1 saturated heterocycles. The second kappa shape index (κ2) is 5.43. The Morgan fingerprint density at radius 3 is 2.81 bits per heavy atom. The van der Waals surface area contributed by atoms with Crippen molar-refractivity contribution in [1.82, 2.24) is 0 Å². The zero-order chi connectivity index (χ0) is 14.2. The molecule has 2 heteroatoms. The maximum atomic E-state index is 10.6. The topological polar surface area (TPSA) is 29.5 Å². The Bertz CT molecular complexity index is 646. The Morgan fingerprint density at radius 2 is 2.00 bits per heavy atom. The summed E-state index contributed by atoms with van der Waals surface area (Å²) in [6.45, 7) is 0.891. The van der Waals surface area contributed by atoms with Gasteiger partial charge in [0, 0.05) is 6.61 Å². The van der Waals surface area contributed by atoms with Gasteiger partial charge in [-0.2, -0.15) is 0 Å². The van der Waals surface area contributed by atoms with Crippen LogP contribution in [-0.4, -0.2) is 17.8 Å². The maximum Gasteiger partial charge on any atom is 0.0797 e. The van der Waals surface area contributed by atoms with Crippen molar-refractivity contribution >= 4 is 10.8 Å². The summed E-state index contributed by atoms with van der Waals surface area (Å²) in [4.78, 5) is 0. The van der Waals surface area contributed by atoms with Gasteiger partial charge in [0.25, 0.3) is 0 Å². The zero-order valence-electron chi connectivity index (χ0n) is 12.3. The average Bonchev–Trinajstić information content (AvgIpc) is 3.16. The van der Waals surface area contributed by atoms with Crippen LogP contribution in [0.25, 0.3) is 10.8 Å². The Kier molecular flexibility index (Phi) is 3.44. The van der Waals surface area contributed by atoms with Gasteiger partial charge in [-0.3, -0.25) is 0 Å². The first-order valence-corrected chi connectivity index (χ1v) is 8.16. The molecule has 0 bridgehead atoms. The van der Waals surface area contributed by atoms with Crippen LogP contribution < -0.4 is 0 Å². The van der Waals surface area contributed by atoms with Crippen LogP contribution in [0.5, 0.6) is 0 Å². The van der Waals surface area contributed by atoms with Crippen molar-refractivity contribution in [2.75, 3.05) is 6.61 Å². The van der Waals surface area contributed by atoms with E-state index in [0.717, 1.165) is 44.3 Å². The highest BCUT2D eigenvalue weighted by atomic mass is 16.5. The van der Waals surface area contributed by atoms with Crippen LogP contribution in [0.4, 0.5) is 0 Å². The standard InChI is InChI=1S/C19H22O2/c20-18(11-9-15-4-2-12-21-15)16-10-8-14-7-6-13-3-1-5-17(16)19(13)14/h1,3,5,8,10,15,18,20H,2,4,6-7,9,11-12H2. The third-order valence-corrected chi connectivity index (χ3v) is 5.06. The molecule has 0 radical (unpaired) electrons. The number of rotatable bonds is 4. The highest BCUT2D eigenvalue weighted by Gasteiger charge is 2.21. The number of aliphatic hydroxyl groups is 1. The highest BCUT2D eigenvalue weighted by Crippen LogP contribution is 2.36. The van der Waals surface area contributed by atoms with Crippen LogP contribution in [0.3, 0.4) is 0 Å². The van der Waals surface area contributed by atoms with Gasteiger partial charge in [-0.25, -0.2) is 0 Å². The second-order valence-corrected chi connectivity index (χ2v) is 6.38. The maximum absolute atomic E-state index is 10.6. The molecule has 1 aliphatic heterocycles. The molecule has 2 aliphatic rings. The van der Waals surface area contributed by atoms with Crippen LogP contribution in [-0.2, 0) is 17.6 Å². The highest BCUT2D eigenvalue weighted by molar-refractivity contribution is 5.93. The second-order valence-electron chi connectivity index (χ2n) is 6.38. The average molecular weight is 282 g/mol. The molecule has 1 aliphatic carbocycles. The molecule has 0 saturated carbocycles. The van der Waals surface area contributed by atoms with E-state index in [2.05, 4.69) is 30.3 Å². The summed E-state index contributed by atoms with van der Waals surface area (Å²) < 4.78 is 5.66. The number of aryl methyl sites for hydroxylation is 2. The van der Waals surface area contributed by atoms with Crippen LogP contribution in [0.15, 0.2) is 30.3 Å². The van der Waals surface area contributed by atoms with E-state index in [9.17, 15) is 5.11 Å². The van der Waals surface area contributed by atoms with Crippen molar-refractivity contribution in [2.45, 2.75) is 50.7 Å². The van der Waals surface area contributed by atoms with Gasteiger partial charge >= 0.3 is 0 Å². The predicted molar refractivity (Wildman–Crippen MR) is 84.5 cm³/mol. The van der Waals surface area contributed by atoms with Crippen molar-refractivity contribution < 1.29 is 9.84 Å². The van der Waals surface area contributed by atoms with Gasteiger partial charge in [0.15, 0.2) is 0 Å². The zero-order valence-corrected chi connectivity index (χ0v) is 12.3. The lowest BCUT2D eigenvalue weighted by molar-refractivity contribution is 0.0815. The lowest BCUT2D eigenvalue weighted by Crippen LogP contribution is -2.08. The van der Waals surface area contributed by atoms with E-state index in [-0.39, 0.29) is 6.10 Å². The smallest absolute Gasteiger partial charge is 0.0797 e. The SMILES string of the molecule is OC(CCC1CCCO1)c1ccc2c3c(cccc13)CC2. The fourth-order valence-electron chi connectivity index (χ4n) is 3.93. The molecule has 0 aromatic heterocycles. The third kappa shape index (κ3) is 2.37. The van der Waals surface area contributed by atoms with Crippen molar-refractivity contribution in [1.29, 1.82) is 0 Å². The largest absolute Gasteiger partial charge is 0.388 e. The van der Waals surface area contributed by atoms with E-state index < -0.39 is 0 Å². The van der Waals surface area contributed by atoms with E-state index >= 15 is 0 Å². The summed E-state index contributed by atoms with van der Waals surface area (Å²) in [5.74, 6) is 0. The van der Waals surface area contributed by atoms with Gasteiger partial charge in [0.05, 0.1) is 12.2 Å². The van der Waals surface area contributed by atoms with Crippen LogP contribution >= 0.6 is 0 Å². The molecule has 110 valence electrons. The fraction of sp³-hybridized carbons (Fsp3) is 0.474. The Balaban J connectivity index is 1.61. The normalized spacial score (nSPS) is 22.0. The fourth-order valence-corrected chi connectivity index (χ4v) is 3.93. The number of benzene rings is 2. The van der Waals surface area contributed by atoms with Gasteiger partial charge in [-0.15, -0.1) is 0 Å². The lowest BCUT2D eigenvalue weighted by atomic mass is 9.94. The van der Waals surface area contributed by atoms with Gasteiger partial charge in [0.1, 0.15) is 0 Å². The monoisotopic (exact) mass is 282 g/mol. The predicted octanol–water partition coefficient (Wildman–Crippen LogP) is 3.93. The number of ether oxygens (including phenoxy) is 1. The van der Waals surface area contributed by atoms with E-state index in [0.29, 0.717) is 6.10 Å². The van der Waals surface area contributed by atoms with E-state index in [1.165, 1.54) is 28.3 Å². The molecule has 21 heavy (non-hydrogen) atoms. The van der Waals surface area contributed by atoms with E-state index in [1.54, 1.807) is 0 Å². The molecule has 2 aromatic carbocycles. The number of hydrogen-bond acceptors (Lipinski definition) is 2. The van der Waals surface area contributed by atoms with E-state index in [1.807, 2.05) is 0 Å². The number of aliphatic hydroxyl groups excluding tert-OH is 1. The third-order valence-electron chi connectivity index (χ3n) is 5.06. The molecule has 2 aromatic rings. The van der Waals surface area contributed by atoms with Gasteiger partial charge < -0.3 is 9.84 Å². The minimum absolute atomic E-state index is 0.358. The van der Waals surface area contributed by atoms with Gasteiger partial charge in [-0.05, 0) is 66.0 Å². The first-order valence-electron chi connectivity index (χ1n) is 8.16. The van der Waals surface area contributed by atoms with Crippen LogP contribution in [0.1, 0.15) is 48.5 Å². The molecular formula is C19H22O2. The molecule has 0 amide bonds. The first kappa shape index (κ1) is 13.3. The van der Waals surface area contributed by atoms with Crippen molar-refractivity contribution in [3.8, 4) is 0 Å². The molecular weight excluding hydrogens is 260 g/mol. The Morgan fingerprint density at radius 1 is 1.14 bits per heavy atom. The van der Waals surface area contributed by atoms with Crippen LogP contribution in [0, 0.1) is 0 Å². The summed E-state index contributed by atoms with van der Waals surface area (Å²) >= 11 is 0. The minimum atomic E-state index is -0.376. The molecule has 2 unspecified atom stereocenters. The molecule has 0 spiro atoms. The van der Waals surface area contributed by atoms with Gasteiger partial charge in [-0.1, -0.05) is 30.3 Å². The minimum Gasteiger partial charge on any atom is -0.388 e. The molecule has 1 fully saturated rings. The van der Waals surface area contributed by atoms with Crippen LogP contribution in [0.2, 0.25) is 0 Å². The molecule has 1 heterocycles. The van der Waals surface area contributed by atoms with Crippen molar-refractivity contribution in [2.24, 2.45) is 0 Å². The summed E-state index contributed by atoms with van der Waals surface area (Å²) in [6.07, 6.45) is 6.34. The summed E-state index contributed by atoms with van der Waals surface area (Å²) in [5, 5.41) is 13.3.